The van der Waals surface area contributed by atoms with E-state index in [1.807, 2.05) is 6.07 Å². The molecule has 2 heterocycles. The first-order valence-corrected chi connectivity index (χ1v) is 5.53. The van der Waals surface area contributed by atoms with Crippen LogP contribution < -0.4 is 5.59 Å². The molecule has 0 aliphatic rings. The summed E-state index contributed by atoms with van der Waals surface area (Å²) in [6, 6.07) is 1.97. The van der Waals surface area contributed by atoms with Crippen molar-refractivity contribution in [3.63, 3.8) is 0 Å². The third kappa shape index (κ3) is 2.21. The van der Waals surface area contributed by atoms with Crippen LogP contribution in [0.2, 0.25) is 5.31 Å². The Labute approximate surface area is 96.6 Å². The van der Waals surface area contributed by atoms with Gasteiger partial charge >= 0.3 is 0 Å². The maximum absolute atomic E-state index is 4.35. The second-order valence-corrected chi connectivity index (χ2v) is 4.64. The summed E-state index contributed by atoms with van der Waals surface area (Å²) in [4.78, 5) is 12.6. The molecular formula is C12H15BN3. The number of nitrogens with zero attached hydrogens (tertiary/aromatic N) is 3. The van der Waals surface area contributed by atoms with Crippen LogP contribution in [0.5, 0.6) is 0 Å². The van der Waals surface area contributed by atoms with Crippen LogP contribution in [0.25, 0.3) is 10.9 Å². The Hall–Kier alpha value is -1.45. The minimum Gasteiger partial charge on any atom is -0.262 e. The van der Waals surface area contributed by atoms with Gasteiger partial charge in [-0.1, -0.05) is 32.5 Å². The van der Waals surface area contributed by atoms with Crippen LogP contribution in [-0.2, 0) is 0 Å². The highest BCUT2D eigenvalue weighted by atomic mass is 14.8. The minimum atomic E-state index is 0.157. The monoisotopic (exact) mass is 212 g/mol. The van der Waals surface area contributed by atoms with Gasteiger partial charge in [0.1, 0.15) is 6.33 Å². The Bertz CT molecular complexity index is 491. The topological polar surface area (TPSA) is 38.7 Å². The molecule has 0 aliphatic heterocycles. The molecule has 0 fully saturated rings. The van der Waals surface area contributed by atoms with Crippen molar-refractivity contribution >= 4 is 23.8 Å². The summed E-state index contributed by atoms with van der Waals surface area (Å²) in [6.45, 7) is 6.60. The molecule has 0 aliphatic carbocycles. The second kappa shape index (κ2) is 4.20. The first-order valence-electron chi connectivity index (χ1n) is 5.53. The highest BCUT2D eigenvalue weighted by Gasteiger charge is 2.20. The number of aromatic nitrogens is 3. The Morgan fingerprint density at radius 1 is 1.31 bits per heavy atom. The summed E-state index contributed by atoms with van der Waals surface area (Å²) < 4.78 is 0. The lowest BCUT2D eigenvalue weighted by Crippen LogP contribution is -2.28. The molecule has 1 radical (unpaired) electrons. The van der Waals surface area contributed by atoms with Crippen LogP contribution in [0.1, 0.15) is 27.2 Å². The largest absolute Gasteiger partial charge is 0.262 e. The van der Waals surface area contributed by atoms with E-state index in [2.05, 4.69) is 43.0 Å². The van der Waals surface area contributed by atoms with Crippen LogP contribution in [0.4, 0.5) is 0 Å². The standard InChI is InChI=1S/C12H15BN3/c1-4-12(2,3)13-11-9-5-6-14-7-10(9)15-8-16-11/h5-8H,4H2,1-3H3. The van der Waals surface area contributed by atoms with Crippen molar-refractivity contribution in [3.05, 3.63) is 24.8 Å². The van der Waals surface area contributed by atoms with E-state index in [0.29, 0.717) is 0 Å². The molecule has 4 heteroatoms. The Kier molecular flexibility index (Phi) is 2.90. The van der Waals surface area contributed by atoms with Crippen LogP contribution >= 0.6 is 0 Å². The summed E-state index contributed by atoms with van der Waals surface area (Å²) in [5.74, 6) is 0. The van der Waals surface area contributed by atoms with Crippen LogP contribution in [0.15, 0.2) is 24.8 Å². The number of fused-ring (bicyclic) bond motifs is 1. The van der Waals surface area contributed by atoms with Crippen molar-refractivity contribution in [1.82, 2.24) is 15.0 Å². The number of hydrogen-bond donors (Lipinski definition) is 0. The molecule has 0 N–H and O–H groups in total. The molecule has 0 saturated carbocycles. The molecule has 2 aromatic heterocycles. The molecule has 3 nitrogen and oxygen atoms in total. The Balaban J connectivity index is 2.45. The van der Waals surface area contributed by atoms with Gasteiger partial charge in [-0.25, -0.2) is 4.98 Å². The minimum absolute atomic E-state index is 0.157. The van der Waals surface area contributed by atoms with Gasteiger partial charge in [0.2, 0.25) is 0 Å². The molecule has 0 atom stereocenters. The SMILES string of the molecule is CCC(C)(C)[B]c1ncnc2cnccc12. The Morgan fingerprint density at radius 3 is 2.88 bits per heavy atom. The van der Waals surface area contributed by atoms with Gasteiger partial charge in [0.25, 0.3) is 0 Å². The van der Waals surface area contributed by atoms with Gasteiger partial charge in [0.15, 0.2) is 7.28 Å². The fourth-order valence-corrected chi connectivity index (χ4v) is 1.52. The lowest BCUT2D eigenvalue weighted by Gasteiger charge is -2.21. The molecule has 0 spiro atoms. The molecule has 0 amide bonds. The van der Waals surface area contributed by atoms with Gasteiger partial charge < -0.3 is 0 Å². The maximum Gasteiger partial charge on any atom is 0.185 e. The summed E-state index contributed by atoms with van der Waals surface area (Å²) in [7, 11) is 2.21. The summed E-state index contributed by atoms with van der Waals surface area (Å²) >= 11 is 0. The second-order valence-electron chi connectivity index (χ2n) is 4.64. The smallest absolute Gasteiger partial charge is 0.185 e. The fourth-order valence-electron chi connectivity index (χ4n) is 1.52. The normalized spacial score (nSPS) is 11.7. The van der Waals surface area contributed by atoms with E-state index in [0.717, 1.165) is 22.9 Å². The predicted octanol–water partition coefficient (Wildman–Crippen LogP) is 1.96. The zero-order valence-electron chi connectivity index (χ0n) is 9.94. The highest BCUT2D eigenvalue weighted by Crippen LogP contribution is 2.26. The highest BCUT2D eigenvalue weighted by molar-refractivity contribution is 6.58. The van der Waals surface area contributed by atoms with E-state index in [1.165, 1.54) is 0 Å². The first kappa shape index (κ1) is 11.1. The van der Waals surface area contributed by atoms with Crippen molar-refractivity contribution in [3.8, 4) is 0 Å². The van der Waals surface area contributed by atoms with E-state index in [9.17, 15) is 0 Å². The number of pyridine rings is 1. The third-order valence-corrected chi connectivity index (χ3v) is 2.91. The zero-order valence-corrected chi connectivity index (χ0v) is 9.94. The van der Waals surface area contributed by atoms with E-state index in [-0.39, 0.29) is 5.31 Å². The maximum atomic E-state index is 4.35. The van der Waals surface area contributed by atoms with Crippen molar-refractivity contribution in [1.29, 1.82) is 0 Å². The summed E-state index contributed by atoms with van der Waals surface area (Å²) in [6.07, 6.45) is 6.24. The molecule has 81 valence electrons. The quantitative estimate of drug-likeness (QED) is 0.730. The van der Waals surface area contributed by atoms with Gasteiger partial charge in [-0.05, 0) is 6.07 Å². The van der Waals surface area contributed by atoms with E-state index in [4.69, 9.17) is 0 Å². The average Bonchev–Trinajstić information content (AvgIpc) is 2.29. The first-order chi connectivity index (χ1) is 7.62. The Morgan fingerprint density at radius 2 is 2.12 bits per heavy atom. The van der Waals surface area contributed by atoms with E-state index >= 15 is 0 Å². The lowest BCUT2D eigenvalue weighted by molar-refractivity contribution is 0.647. The number of hydrogen-bond acceptors (Lipinski definition) is 3. The molecule has 2 aromatic rings. The van der Waals surface area contributed by atoms with Gasteiger partial charge in [0, 0.05) is 17.2 Å². The van der Waals surface area contributed by atoms with Crippen LogP contribution in [0, 0.1) is 0 Å². The fraction of sp³-hybridized carbons (Fsp3) is 0.417. The van der Waals surface area contributed by atoms with Crippen molar-refractivity contribution < 1.29 is 0 Å². The zero-order chi connectivity index (χ0) is 11.6. The number of rotatable bonds is 3. The van der Waals surface area contributed by atoms with Gasteiger partial charge in [-0.3, -0.25) is 9.97 Å². The molecule has 0 unspecified atom stereocenters. The van der Waals surface area contributed by atoms with Crippen molar-refractivity contribution in [2.24, 2.45) is 0 Å². The van der Waals surface area contributed by atoms with Gasteiger partial charge in [-0.2, -0.15) is 0 Å². The third-order valence-electron chi connectivity index (χ3n) is 2.91. The van der Waals surface area contributed by atoms with Crippen LogP contribution in [-0.4, -0.2) is 22.2 Å². The summed E-state index contributed by atoms with van der Waals surface area (Å²) in [5, 5.41) is 1.23. The van der Waals surface area contributed by atoms with Gasteiger partial charge in [-0.15, -0.1) is 0 Å². The summed E-state index contributed by atoms with van der Waals surface area (Å²) in [5.41, 5.74) is 1.90. The molecule has 16 heavy (non-hydrogen) atoms. The molecule has 0 aromatic carbocycles. The molecule has 0 saturated heterocycles. The van der Waals surface area contributed by atoms with E-state index in [1.54, 1.807) is 18.7 Å². The molecule has 0 bridgehead atoms. The van der Waals surface area contributed by atoms with Crippen molar-refractivity contribution in [2.75, 3.05) is 0 Å². The predicted molar refractivity (Wildman–Crippen MR) is 67.1 cm³/mol. The van der Waals surface area contributed by atoms with Crippen LogP contribution in [0.3, 0.4) is 0 Å². The van der Waals surface area contributed by atoms with E-state index < -0.39 is 0 Å². The average molecular weight is 212 g/mol. The molecule has 2 rings (SSSR count). The van der Waals surface area contributed by atoms with Gasteiger partial charge in [0.05, 0.1) is 11.7 Å². The van der Waals surface area contributed by atoms with Crippen molar-refractivity contribution in [2.45, 2.75) is 32.5 Å². The lowest BCUT2D eigenvalue weighted by atomic mass is 9.50. The molecular weight excluding hydrogens is 197 g/mol.